The summed E-state index contributed by atoms with van der Waals surface area (Å²) in [5.41, 5.74) is 4.60. The predicted molar refractivity (Wildman–Crippen MR) is 102 cm³/mol. The molecular weight excluding hydrogens is 327 g/mol. The monoisotopic (exact) mass is 350 g/mol. The molecule has 3 aromatic rings. The van der Waals surface area contributed by atoms with Crippen LogP contribution in [0.15, 0.2) is 60.7 Å². The van der Waals surface area contributed by atoms with E-state index in [1.165, 1.54) is 12.1 Å². The Labute approximate surface area is 153 Å². The van der Waals surface area contributed by atoms with Gasteiger partial charge in [0, 0.05) is 12.2 Å². The Hall–Kier alpha value is -2.88. The van der Waals surface area contributed by atoms with Crippen LogP contribution in [-0.4, -0.2) is 10.5 Å². The van der Waals surface area contributed by atoms with Crippen LogP contribution in [0.5, 0.6) is 0 Å². The highest BCUT2D eigenvalue weighted by Crippen LogP contribution is 2.19. The number of nitrogens with zero attached hydrogens (tertiary/aromatic N) is 1. The molecule has 1 heterocycles. The van der Waals surface area contributed by atoms with Gasteiger partial charge in [-0.1, -0.05) is 42.5 Å². The van der Waals surface area contributed by atoms with Gasteiger partial charge in [-0.15, -0.1) is 0 Å². The van der Waals surface area contributed by atoms with Gasteiger partial charge < -0.3 is 9.88 Å². The third kappa shape index (κ3) is 3.85. The zero-order valence-electron chi connectivity index (χ0n) is 15.3. The molecule has 1 amide bonds. The minimum absolute atomic E-state index is 0.0856. The Kier molecular flexibility index (Phi) is 5.21. The second-order valence-electron chi connectivity index (χ2n) is 6.64. The second-order valence-corrected chi connectivity index (χ2v) is 6.64. The lowest BCUT2D eigenvalue weighted by Gasteiger charge is -2.17. The standard InChI is InChI=1S/C22H23FN2O/c1-15-13-16(2)25(14-18-9-11-20(23)12-10-18)21(15)22(26)24-17(3)19-7-5-4-6-8-19/h4-13,17H,14H2,1-3H3,(H,24,26). The molecule has 1 aromatic heterocycles. The van der Waals surface area contributed by atoms with Gasteiger partial charge in [-0.2, -0.15) is 0 Å². The summed E-state index contributed by atoms with van der Waals surface area (Å²) < 4.78 is 15.1. The number of aryl methyl sites for hydroxylation is 2. The van der Waals surface area contributed by atoms with Crippen molar-refractivity contribution in [2.45, 2.75) is 33.4 Å². The second kappa shape index (κ2) is 7.56. The quantitative estimate of drug-likeness (QED) is 0.706. The molecule has 0 saturated heterocycles. The van der Waals surface area contributed by atoms with Gasteiger partial charge in [0.15, 0.2) is 0 Å². The highest BCUT2D eigenvalue weighted by atomic mass is 19.1. The van der Waals surface area contributed by atoms with Crippen LogP contribution in [-0.2, 0) is 6.54 Å². The molecule has 1 N–H and O–H groups in total. The molecular formula is C22H23FN2O. The third-order valence-electron chi connectivity index (χ3n) is 4.61. The summed E-state index contributed by atoms with van der Waals surface area (Å²) in [4.78, 5) is 12.9. The van der Waals surface area contributed by atoms with E-state index >= 15 is 0 Å². The molecule has 26 heavy (non-hydrogen) atoms. The molecule has 3 rings (SSSR count). The lowest BCUT2D eigenvalue weighted by atomic mass is 10.1. The molecule has 3 nitrogen and oxygen atoms in total. The molecule has 1 unspecified atom stereocenters. The number of nitrogens with one attached hydrogen (secondary N) is 1. The highest BCUT2D eigenvalue weighted by Gasteiger charge is 2.19. The van der Waals surface area contributed by atoms with Crippen molar-refractivity contribution in [1.82, 2.24) is 9.88 Å². The molecule has 1 atom stereocenters. The fourth-order valence-electron chi connectivity index (χ4n) is 3.22. The fourth-order valence-corrected chi connectivity index (χ4v) is 3.22. The number of carbonyl (C=O) groups is 1. The van der Waals surface area contributed by atoms with Crippen LogP contribution < -0.4 is 5.32 Å². The van der Waals surface area contributed by atoms with Crippen LogP contribution in [0, 0.1) is 19.7 Å². The van der Waals surface area contributed by atoms with Crippen LogP contribution in [0.2, 0.25) is 0 Å². The number of halogens is 1. The van der Waals surface area contributed by atoms with Crippen molar-refractivity contribution in [1.29, 1.82) is 0 Å². The van der Waals surface area contributed by atoms with Crippen LogP contribution in [0.3, 0.4) is 0 Å². The van der Waals surface area contributed by atoms with Gasteiger partial charge in [-0.05, 0) is 55.7 Å². The molecule has 0 bridgehead atoms. The van der Waals surface area contributed by atoms with Crippen molar-refractivity contribution in [2.75, 3.05) is 0 Å². The Bertz CT molecular complexity index is 898. The average Bonchev–Trinajstić information content (AvgIpc) is 2.91. The first-order valence-corrected chi connectivity index (χ1v) is 8.72. The van der Waals surface area contributed by atoms with Crippen molar-refractivity contribution >= 4 is 5.91 Å². The van der Waals surface area contributed by atoms with Crippen LogP contribution in [0.1, 0.15) is 45.8 Å². The first-order valence-electron chi connectivity index (χ1n) is 8.72. The topological polar surface area (TPSA) is 34.0 Å². The van der Waals surface area contributed by atoms with Crippen LogP contribution in [0.4, 0.5) is 4.39 Å². The maximum absolute atomic E-state index is 13.2. The number of benzene rings is 2. The maximum atomic E-state index is 13.2. The van der Waals surface area contributed by atoms with Crippen LogP contribution >= 0.6 is 0 Å². The zero-order chi connectivity index (χ0) is 18.7. The normalized spacial score (nSPS) is 12.0. The van der Waals surface area contributed by atoms with E-state index in [9.17, 15) is 9.18 Å². The summed E-state index contributed by atoms with van der Waals surface area (Å²) in [6.07, 6.45) is 0. The molecule has 0 aliphatic heterocycles. The van der Waals surface area contributed by atoms with Crippen molar-refractivity contribution < 1.29 is 9.18 Å². The molecule has 0 saturated carbocycles. The summed E-state index contributed by atoms with van der Waals surface area (Å²) in [5, 5.41) is 3.08. The smallest absolute Gasteiger partial charge is 0.268 e. The molecule has 0 radical (unpaired) electrons. The fraction of sp³-hybridized carbons (Fsp3) is 0.227. The van der Waals surface area contributed by atoms with Gasteiger partial charge in [0.05, 0.1) is 6.04 Å². The molecule has 4 heteroatoms. The molecule has 0 spiro atoms. The minimum Gasteiger partial charge on any atom is -0.344 e. The van der Waals surface area contributed by atoms with Gasteiger partial charge in [-0.25, -0.2) is 4.39 Å². The van der Waals surface area contributed by atoms with Crippen molar-refractivity contribution in [3.8, 4) is 0 Å². The van der Waals surface area contributed by atoms with E-state index in [2.05, 4.69) is 5.32 Å². The van der Waals surface area contributed by atoms with Gasteiger partial charge >= 0.3 is 0 Å². The maximum Gasteiger partial charge on any atom is 0.268 e. The molecule has 134 valence electrons. The van der Waals surface area contributed by atoms with Gasteiger partial charge in [0.25, 0.3) is 5.91 Å². The number of rotatable bonds is 5. The number of hydrogen-bond donors (Lipinski definition) is 1. The highest BCUT2D eigenvalue weighted by molar-refractivity contribution is 5.94. The lowest BCUT2D eigenvalue weighted by Crippen LogP contribution is -2.29. The summed E-state index contributed by atoms with van der Waals surface area (Å²) in [6, 6.07) is 18.2. The van der Waals surface area contributed by atoms with E-state index in [-0.39, 0.29) is 17.8 Å². The Balaban J connectivity index is 1.85. The summed E-state index contributed by atoms with van der Waals surface area (Å²) in [6.45, 7) is 6.43. The van der Waals surface area contributed by atoms with E-state index in [1.54, 1.807) is 12.1 Å². The van der Waals surface area contributed by atoms with Crippen molar-refractivity contribution in [3.05, 3.63) is 94.6 Å². The molecule has 0 aliphatic rings. The van der Waals surface area contributed by atoms with Crippen LogP contribution in [0.25, 0.3) is 0 Å². The molecule has 2 aromatic carbocycles. The lowest BCUT2D eigenvalue weighted by molar-refractivity contribution is 0.0930. The zero-order valence-corrected chi connectivity index (χ0v) is 15.3. The predicted octanol–water partition coefficient (Wildman–Crippen LogP) is 4.78. The molecule has 0 fully saturated rings. The number of hydrogen-bond acceptors (Lipinski definition) is 1. The van der Waals surface area contributed by atoms with E-state index in [0.717, 1.165) is 22.4 Å². The van der Waals surface area contributed by atoms with E-state index in [1.807, 2.05) is 61.7 Å². The van der Waals surface area contributed by atoms with Gasteiger partial charge in [-0.3, -0.25) is 4.79 Å². The largest absolute Gasteiger partial charge is 0.344 e. The third-order valence-corrected chi connectivity index (χ3v) is 4.61. The minimum atomic E-state index is -0.260. The number of aromatic nitrogens is 1. The van der Waals surface area contributed by atoms with Gasteiger partial charge in [0.2, 0.25) is 0 Å². The summed E-state index contributed by atoms with van der Waals surface area (Å²) in [5.74, 6) is -0.363. The Morgan fingerprint density at radius 2 is 1.73 bits per heavy atom. The molecule has 0 aliphatic carbocycles. The SMILES string of the molecule is Cc1cc(C)n(Cc2ccc(F)cc2)c1C(=O)NC(C)c1ccccc1. The number of carbonyl (C=O) groups excluding carboxylic acids is 1. The van der Waals surface area contributed by atoms with Crippen molar-refractivity contribution in [2.24, 2.45) is 0 Å². The summed E-state index contributed by atoms with van der Waals surface area (Å²) in [7, 11) is 0. The average molecular weight is 350 g/mol. The number of amides is 1. The van der Waals surface area contributed by atoms with E-state index in [4.69, 9.17) is 0 Å². The van der Waals surface area contributed by atoms with E-state index in [0.29, 0.717) is 12.2 Å². The Morgan fingerprint density at radius 3 is 2.38 bits per heavy atom. The Morgan fingerprint density at radius 1 is 1.08 bits per heavy atom. The van der Waals surface area contributed by atoms with E-state index < -0.39 is 0 Å². The van der Waals surface area contributed by atoms with Crippen molar-refractivity contribution in [3.63, 3.8) is 0 Å². The first kappa shape index (κ1) is 17.9. The first-order chi connectivity index (χ1) is 12.5. The van der Waals surface area contributed by atoms with Gasteiger partial charge in [0.1, 0.15) is 11.5 Å². The summed E-state index contributed by atoms with van der Waals surface area (Å²) >= 11 is 0.